The van der Waals surface area contributed by atoms with Crippen molar-refractivity contribution in [3.8, 4) is 11.8 Å². The minimum atomic E-state index is -0.176. The molecule has 1 aromatic carbocycles. The molecule has 1 amide bonds. The molecule has 21 heavy (non-hydrogen) atoms. The highest BCUT2D eigenvalue weighted by Gasteiger charge is 2.23. The van der Waals surface area contributed by atoms with Crippen molar-refractivity contribution in [2.45, 2.75) is 25.8 Å². The van der Waals surface area contributed by atoms with Crippen LogP contribution in [-0.4, -0.2) is 35.6 Å². The van der Waals surface area contributed by atoms with E-state index in [1.54, 1.807) is 0 Å². The minimum absolute atomic E-state index is 0.0286. The molecule has 0 aliphatic carbocycles. The summed E-state index contributed by atoms with van der Waals surface area (Å²) in [6.07, 6.45) is 2.18. The largest absolute Gasteiger partial charge is 0.395 e. The Bertz CT molecular complexity index is 537. The fraction of sp³-hybridized carbons (Fsp3) is 0.471. The summed E-state index contributed by atoms with van der Waals surface area (Å²) in [6, 6.07) is 8.09. The standard InChI is InChI=1S/C17H22N2O2/c18-17(21)15-8-10-19(11-9-15)13-16-7-2-1-5-14(16)6-3-4-12-20/h1-2,5,7,15,20H,4,8-13H2,(H2,18,21). The first-order chi connectivity index (χ1) is 10.2. The van der Waals surface area contributed by atoms with Gasteiger partial charge in [-0.25, -0.2) is 0 Å². The quantitative estimate of drug-likeness (QED) is 0.815. The van der Waals surface area contributed by atoms with Crippen molar-refractivity contribution >= 4 is 5.91 Å². The van der Waals surface area contributed by atoms with Crippen LogP contribution in [-0.2, 0) is 11.3 Å². The molecule has 1 aliphatic rings. The summed E-state index contributed by atoms with van der Waals surface area (Å²) in [5, 5.41) is 8.80. The van der Waals surface area contributed by atoms with Crippen LogP contribution >= 0.6 is 0 Å². The number of hydrogen-bond donors (Lipinski definition) is 2. The van der Waals surface area contributed by atoms with Crippen LogP contribution < -0.4 is 5.73 Å². The van der Waals surface area contributed by atoms with Crippen molar-refractivity contribution in [1.82, 2.24) is 4.90 Å². The lowest BCUT2D eigenvalue weighted by Gasteiger charge is -2.30. The molecule has 0 spiro atoms. The number of likely N-dealkylation sites (tertiary alicyclic amines) is 1. The molecule has 1 aliphatic heterocycles. The number of piperidine rings is 1. The second-order valence-corrected chi connectivity index (χ2v) is 5.39. The van der Waals surface area contributed by atoms with Crippen molar-refractivity contribution < 1.29 is 9.90 Å². The molecule has 4 heteroatoms. The molecule has 1 aromatic rings. The van der Waals surface area contributed by atoms with Gasteiger partial charge < -0.3 is 10.8 Å². The second-order valence-electron chi connectivity index (χ2n) is 5.39. The van der Waals surface area contributed by atoms with Gasteiger partial charge in [-0.15, -0.1) is 0 Å². The Hall–Kier alpha value is -1.83. The van der Waals surface area contributed by atoms with Gasteiger partial charge in [-0.3, -0.25) is 9.69 Å². The van der Waals surface area contributed by atoms with E-state index in [9.17, 15) is 4.79 Å². The zero-order chi connectivity index (χ0) is 15.1. The van der Waals surface area contributed by atoms with Gasteiger partial charge in [0.05, 0.1) is 6.61 Å². The molecule has 1 fully saturated rings. The maximum Gasteiger partial charge on any atom is 0.220 e. The molecule has 0 atom stereocenters. The normalized spacial score (nSPS) is 16.2. The first-order valence-electron chi connectivity index (χ1n) is 7.40. The maximum absolute atomic E-state index is 11.2. The summed E-state index contributed by atoms with van der Waals surface area (Å²) in [7, 11) is 0. The van der Waals surface area contributed by atoms with Crippen molar-refractivity contribution in [2.75, 3.05) is 19.7 Å². The molecule has 1 saturated heterocycles. The number of amides is 1. The molecule has 0 aromatic heterocycles. The van der Waals surface area contributed by atoms with E-state index in [0.29, 0.717) is 6.42 Å². The lowest BCUT2D eigenvalue weighted by Crippen LogP contribution is -2.38. The molecule has 0 radical (unpaired) electrons. The molecule has 0 unspecified atom stereocenters. The number of carbonyl (C=O) groups excluding carboxylic acids is 1. The molecule has 1 heterocycles. The molecular formula is C17H22N2O2. The van der Waals surface area contributed by atoms with Gasteiger partial charge in [0.2, 0.25) is 5.91 Å². The average Bonchev–Trinajstić information content (AvgIpc) is 2.50. The third-order valence-electron chi connectivity index (χ3n) is 3.86. The Morgan fingerprint density at radius 3 is 2.71 bits per heavy atom. The predicted molar refractivity (Wildman–Crippen MR) is 82.2 cm³/mol. The Balaban J connectivity index is 1.98. The first kappa shape index (κ1) is 15.6. The highest BCUT2D eigenvalue weighted by atomic mass is 16.2. The molecular weight excluding hydrogens is 264 g/mol. The van der Waals surface area contributed by atoms with E-state index in [2.05, 4.69) is 22.8 Å². The third-order valence-corrected chi connectivity index (χ3v) is 3.86. The SMILES string of the molecule is NC(=O)C1CCN(Cc2ccccc2C#CCCO)CC1. The number of primary amides is 1. The number of aliphatic hydroxyl groups is 1. The van der Waals surface area contributed by atoms with Crippen LogP contribution in [0.15, 0.2) is 24.3 Å². The van der Waals surface area contributed by atoms with Crippen molar-refractivity contribution in [3.05, 3.63) is 35.4 Å². The van der Waals surface area contributed by atoms with Crippen LogP contribution in [0.4, 0.5) is 0 Å². The summed E-state index contributed by atoms with van der Waals surface area (Å²) in [6.45, 7) is 2.73. The zero-order valence-corrected chi connectivity index (χ0v) is 12.2. The molecule has 2 rings (SSSR count). The fourth-order valence-electron chi connectivity index (χ4n) is 2.61. The van der Waals surface area contributed by atoms with Crippen LogP contribution in [0.5, 0.6) is 0 Å². The van der Waals surface area contributed by atoms with Gasteiger partial charge in [-0.1, -0.05) is 30.0 Å². The van der Waals surface area contributed by atoms with Gasteiger partial charge in [-0.05, 0) is 37.6 Å². The van der Waals surface area contributed by atoms with E-state index >= 15 is 0 Å². The highest BCUT2D eigenvalue weighted by molar-refractivity contribution is 5.76. The van der Waals surface area contributed by atoms with Gasteiger partial charge in [0.25, 0.3) is 0 Å². The maximum atomic E-state index is 11.2. The molecule has 0 saturated carbocycles. The molecule has 112 valence electrons. The van der Waals surface area contributed by atoms with E-state index in [4.69, 9.17) is 10.8 Å². The van der Waals surface area contributed by atoms with Crippen molar-refractivity contribution in [2.24, 2.45) is 11.7 Å². The van der Waals surface area contributed by atoms with Crippen LogP contribution in [0, 0.1) is 17.8 Å². The van der Waals surface area contributed by atoms with E-state index in [0.717, 1.165) is 38.0 Å². The van der Waals surface area contributed by atoms with Crippen LogP contribution in [0.2, 0.25) is 0 Å². The zero-order valence-electron chi connectivity index (χ0n) is 12.2. The van der Waals surface area contributed by atoms with Gasteiger partial charge >= 0.3 is 0 Å². The summed E-state index contributed by atoms with van der Waals surface area (Å²) < 4.78 is 0. The predicted octanol–water partition coefficient (Wildman–Crippen LogP) is 1.12. The van der Waals surface area contributed by atoms with Crippen molar-refractivity contribution in [3.63, 3.8) is 0 Å². The molecule has 4 nitrogen and oxygen atoms in total. The van der Waals surface area contributed by atoms with Gasteiger partial charge in [0.1, 0.15) is 0 Å². The number of aliphatic hydroxyl groups excluding tert-OH is 1. The Morgan fingerprint density at radius 1 is 1.33 bits per heavy atom. The highest BCUT2D eigenvalue weighted by Crippen LogP contribution is 2.19. The van der Waals surface area contributed by atoms with Crippen molar-refractivity contribution in [1.29, 1.82) is 0 Å². The average molecular weight is 286 g/mol. The summed E-state index contributed by atoms with van der Waals surface area (Å²) >= 11 is 0. The Morgan fingerprint density at radius 2 is 2.05 bits per heavy atom. The summed E-state index contributed by atoms with van der Waals surface area (Å²) in [5.41, 5.74) is 7.57. The number of nitrogens with zero attached hydrogens (tertiary/aromatic N) is 1. The Labute approximate surface area is 125 Å². The smallest absolute Gasteiger partial charge is 0.220 e. The molecule has 3 N–H and O–H groups in total. The Kier molecular flexibility index (Phi) is 5.79. The monoisotopic (exact) mass is 286 g/mol. The van der Waals surface area contributed by atoms with Gasteiger partial charge in [-0.2, -0.15) is 0 Å². The number of nitrogens with two attached hydrogens (primary N) is 1. The van der Waals surface area contributed by atoms with E-state index in [1.165, 1.54) is 5.56 Å². The lowest BCUT2D eigenvalue weighted by atomic mass is 9.95. The van der Waals surface area contributed by atoms with Crippen LogP contribution in [0.25, 0.3) is 0 Å². The third kappa shape index (κ3) is 4.59. The fourth-order valence-corrected chi connectivity index (χ4v) is 2.61. The number of rotatable bonds is 4. The topological polar surface area (TPSA) is 66.6 Å². The van der Waals surface area contributed by atoms with E-state index in [1.807, 2.05) is 18.2 Å². The minimum Gasteiger partial charge on any atom is -0.395 e. The molecule has 0 bridgehead atoms. The summed E-state index contributed by atoms with van der Waals surface area (Å²) in [4.78, 5) is 13.5. The van der Waals surface area contributed by atoms with Gasteiger partial charge in [0.15, 0.2) is 0 Å². The van der Waals surface area contributed by atoms with Crippen LogP contribution in [0.1, 0.15) is 30.4 Å². The van der Waals surface area contributed by atoms with Crippen LogP contribution in [0.3, 0.4) is 0 Å². The number of hydrogen-bond acceptors (Lipinski definition) is 3. The lowest BCUT2D eigenvalue weighted by molar-refractivity contribution is -0.123. The van der Waals surface area contributed by atoms with Gasteiger partial charge in [0, 0.05) is 24.4 Å². The number of benzene rings is 1. The van der Waals surface area contributed by atoms with E-state index in [-0.39, 0.29) is 18.4 Å². The van der Waals surface area contributed by atoms with E-state index < -0.39 is 0 Å². The second kappa shape index (κ2) is 7.82. The number of carbonyl (C=O) groups is 1. The summed E-state index contributed by atoms with van der Waals surface area (Å²) in [5.74, 6) is 5.94. The first-order valence-corrected chi connectivity index (χ1v) is 7.40.